The van der Waals surface area contributed by atoms with E-state index in [-0.39, 0.29) is 12.5 Å². The first-order chi connectivity index (χ1) is 17.9. The van der Waals surface area contributed by atoms with Crippen LogP contribution in [-0.2, 0) is 15.1 Å². The highest BCUT2D eigenvalue weighted by Gasteiger charge is 2.39. The van der Waals surface area contributed by atoms with E-state index in [1.54, 1.807) is 24.3 Å². The molecule has 1 saturated carbocycles. The molecular weight excluding hydrogens is 505 g/mol. The number of nitrogens with one attached hydrogen (secondary N) is 1. The molecular formula is C30H29Cl2N3O2. The van der Waals surface area contributed by atoms with Crippen LogP contribution in [0.15, 0.2) is 66.7 Å². The number of ether oxygens (including phenoxy) is 1. The maximum Gasteiger partial charge on any atom is 0.250 e. The summed E-state index contributed by atoms with van der Waals surface area (Å²) in [7, 11) is 0. The predicted molar refractivity (Wildman–Crippen MR) is 148 cm³/mol. The van der Waals surface area contributed by atoms with Crippen LogP contribution in [0.25, 0.3) is 11.1 Å². The molecule has 0 radical (unpaired) electrons. The van der Waals surface area contributed by atoms with Crippen molar-refractivity contribution in [2.45, 2.75) is 31.3 Å². The van der Waals surface area contributed by atoms with Crippen LogP contribution in [0.4, 0.5) is 5.69 Å². The second-order valence-electron chi connectivity index (χ2n) is 10.0. The van der Waals surface area contributed by atoms with E-state index in [1.165, 1.54) is 12.8 Å². The third kappa shape index (κ3) is 6.52. The fraction of sp³-hybridized carbons (Fsp3) is 0.333. The van der Waals surface area contributed by atoms with Gasteiger partial charge in [0.15, 0.2) is 0 Å². The monoisotopic (exact) mass is 533 g/mol. The number of benzene rings is 3. The molecule has 1 saturated heterocycles. The summed E-state index contributed by atoms with van der Waals surface area (Å²) < 4.78 is 6.45. The van der Waals surface area contributed by atoms with E-state index in [4.69, 9.17) is 27.9 Å². The van der Waals surface area contributed by atoms with Gasteiger partial charge in [0, 0.05) is 35.4 Å². The molecule has 1 N–H and O–H groups in total. The van der Waals surface area contributed by atoms with Crippen molar-refractivity contribution >= 4 is 34.8 Å². The Balaban J connectivity index is 1.32. The summed E-state index contributed by atoms with van der Waals surface area (Å²) in [5.41, 5.74) is 3.74. The van der Waals surface area contributed by atoms with Gasteiger partial charge >= 0.3 is 0 Å². The Morgan fingerprint density at radius 1 is 1.00 bits per heavy atom. The van der Waals surface area contributed by atoms with Gasteiger partial charge in [0.05, 0.1) is 17.2 Å². The van der Waals surface area contributed by atoms with E-state index >= 15 is 0 Å². The molecule has 1 aliphatic heterocycles. The molecule has 190 valence electrons. The Hall–Kier alpha value is -2.88. The second-order valence-corrected chi connectivity index (χ2v) is 10.9. The molecule has 3 aromatic carbocycles. The molecule has 0 atom stereocenters. The number of hydrogen-bond acceptors (Lipinski definition) is 4. The second kappa shape index (κ2) is 11.2. The molecule has 37 heavy (non-hydrogen) atoms. The Kier molecular flexibility index (Phi) is 7.83. The fourth-order valence-electron chi connectivity index (χ4n) is 5.04. The van der Waals surface area contributed by atoms with Gasteiger partial charge in [-0.25, -0.2) is 0 Å². The van der Waals surface area contributed by atoms with Crippen LogP contribution in [0.1, 0.15) is 36.8 Å². The van der Waals surface area contributed by atoms with Crippen molar-refractivity contribution in [2.75, 3.05) is 31.6 Å². The highest BCUT2D eigenvalue weighted by Crippen LogP contribution is 2.39. The Morgan fingerprint density at radius 2 is 1.70 bits per heavy atom. The van der Waals surface area contributed by atoms with E-state index in [9.17, 15) is 10.1 Å². The lowest BCUT2D eigenvalue weighted by molar-refractivity contribution is -0.134. The topological polar surface area (TPSA) is 65.4 Å². The first-order valence-electron chi connectivity index (χ1n) is 12.7. The third-order valence-corrected chi connectivity index (χ3v) is 7.68. The first kappa shape index (κ1) is 25.8. The zero-order valence-corrected chi connectivity index (χ0v) is 22.1. The van der Waals surface area contributed by atoms with Crippen LogP contribution >= 0.6 is 23.2 Å². The molecule has 2 fully saturated rings. The van der Waals surface area contributed by atoms with E-state index in [2.05, 4.69) is 40.6 Å². The van der Waals surface area contributed by atoms with Crippen molar-refractivity contribution in [3.05, 3.63) is 87.9 Å². The lowest BCUT2D eigenvalue weighted by Gasteiger charge is -2.42. The smallest absolute Gasteiger partial charge is 0.250 e. The lowest BCUT2D eigenvalue weighted by Crippen LogP contribution is -2.45. The highest BCUT2D eigenvalue weighted by atomic mass is 35.5. The number of amides is 1. The molecule has 5 rings (SSSR count). The number of nitriles is 1. The van der Waals surface area contributed by atoms with Crippen LogP contribution in [0.5, 0.6) is 0 Å². The minimum Gasteiger partial charge on any atom is -0.360 e. The number of halogens is 2. The molecule has 7 heteroatoms. The first-order valence-corrected chi connectivity index (χ1v) is 13.4. The maximum absolute atomic E-state index is 12.8. The van der Waals surface area contributed by atoms with Crippen molar-refractivity contribution in [1.29, 1.82) is 5.26 Å². The number of anilines is 1. The molecule has 0 aromatic heterocycles. The molecule has 0 unspecified atom stereocenters. The molecule has 1 amide bonds. The Bertz CT molecular complexity index is 1290. The normalized spacial score (nSPS) is 17.2. The highest BCUT2D eigenvalue weighted by molar-refractivity contribution is 6.35. The van der Waals surface area contributed by atoms with Crippen molar-refractivity contribution < 1.29 is 9.53 Å². The average Bonchev–Trinajstić information content (AvgIpc) is 3.72. The van der Waals surface area contributed by atoms with Crippen molar-refractivity contribution in [3.8, 4) is 17.2 Å². The molecule has 0 spiro atoms. The number of carbonyl (C=O) groups is 1. The number of carbonyl (C=O) groups excluding carboxylic acids is 1. The van der Waals surface area contributed by atoms with E-state index in [0.717, 1.165) is 55.1 Å². The number of piperidine rings is 1. The summed E-state index contributed by atoms with van der Waals surface area (Å²) in [5, 5.41) is 13.0. The molecule has 2 aliphatic rings. The van der Waals surface area contributed by atoms with E-state index < -0.39 is 5.60 Å². The minimum absolute atomic E-state index is 0.0707. The predicted octanol–water partition coefficient (Wildman–Crippen LogP) is 6.89. The summed E-state index contributed by atoms with van der Waals surface area (Å²) in [6.45, 7) is 2.96. The van der Waals surface area contributed by atoms with E-state index in [0.29, 0.717) is 21.3 Å². The molecule has 1 aliphatic carbocycles. The summed E-state index contributed by atoms with van der Waals surface area (Å²) in [6.07, 6.45) is 4.30. The largest absolute Gasteiger partial charge is 0.360 e. The van der Waals surface area contributed by atoms with Crippen LogP contribution in [0, 0.1) is 17.2 Å². The number of likely N-dealkylation sites (tertiary alicyclic amines) is 1. The van der Waals surface area contributed by atoms with Gasteiger partial charge < -0.3 is 15.0 Å². The van der Waals surface area contributed by atoms with Crippen molar-refractivity contribution in [1.82, 2.24) is 4.90 Å². The number of rotatable bonds is 8. The Morgan fingerprint density at radius 3 is 2.35 bits per heavy atom. The standard InChI is InChI=1S/C30H29Cl2N3O2/c31-26-15-27(32)17-28(16-26)34-29(36)20-37-30(10-12-35(13-11-30)19-21-4-5-21)25-8-6-23(7-9-25)24-3-1-2-22(14-24)18-33/h1-3,6-9,14-17,21H,4-5,10-13,19-20H2,(H,34,36). The summed E-state index contributed by atoms with van der Waals surface area (Å²) in [6, 6.07) is 23.1. The maximum atomic E-state index is 12.8. The van der Waals surface area contributed by atoms with Crippen LogP contribution in [0.3, 0.4) is 0 Å². The van der Waals surface area contributed by atoms with Crippen LogP contribution in [-0.4, -0.2) is 37.0 Å². The zero-order chi connectivity index (χ0) is 25.8. The Labute approximate surface area is 227 Å². The van der Waals surface area contributed by atoms with Gasteiger partial charge in [-0.2, -0.15) is 5.26 Å². The van der Waals surface area contributed by atoms with Gasteiger partial charge in [0.1, 0.15) is 6.61 Å². The molecule has 5 nitrogen and oxygen atoms in total. The quantitative estimate of drug-likeness (QED) is 0.342. The van der Waals surface area contributed by atoms with Crippen molar-refractivity contribution in [3.63, 3.8) is 0 Å². The molecule has 0 bridgehead atoms. The van der Waals surface area contributed by atoms with E-state index in [1.807, 2.05) is 18.2 Å². The summed E-state index contributed by atoms with van der Waals surface area (Å²) in [4.78, 5) is 15.3. The fourth-order valence-corrected chi connectivity index (χ4v) is 5.57. The minimum atomic E-state index is -0.545. The van der Waals surface area contributed by atoms with Crippen molar-refractivity contribution in [2.24, 2.45) is 5.92 Å². The van der Waals surface area contributed by atoms with Gasteiger partial charge in [0.2, 0.25) is 5.91 Å². The van der Waals surface area contributed by atoms with Gasteiger partial charge in [-0.3, -0.25) is 4.79 Å². The molecule has 1 heterocycles. The van der Waals surface area contributed by atoms with Crippen LogP contribution in [0.2, 0.25) is 10.0 Å². The lowest BCUT2D eigenvalue weighted by atomic mass is 9.83. The SMILES string of the molecule is N#Cc1cccc(-c2ccc(C3(OCC(=O)Nc4cc(Cl)cc(Cl)c4)CCN(CC4CC4)CC3)cc2)c1. The van der Waals surface area contributed by atoms with Gasteiger partial charge in [-0.1, -0.05) is 59.6 Å². The molecule has 3 aromatic rings. The number of nitrogens with zero attached hydrogens (tertiary/aromatic N) is 2. The summed E-state index contributed by atoms with van der Waals surface area (Å²) >= 11 is 12.1. The van der Waals surface area contributed by atoms with Gasteiger partial charge in [-0.15, -0.1) is 0 Å². The average molecular weight is 534 g/mol. The van der Waals surface area contributed by atoms with Gasteiger partial charge in [0.25, 0.3) is 0 Å². The zero-order valence-electron chi connectivity index (χ0n) is 20.6. The van der Waals surface area contributed by atoms with Crippen LogP contribution < -0.4 is 5.32 Å². The van der Waals surface area contributed by atoms with Gasteiger partial charge in [-0.05, 0) is 78.6 Å². The third-order valence-electron chi connectivity index (χ3n) is 7.24. The summed E-state index contributed by atoms with van der Waals surface area (Å²) in [5.74, 6) is 0.593. The number of hydrogen-bond donors (Lipinski definition) is 1.